The summed E-state index contributed by atoms with van der Waals surface area (Å²) in [6, 6.07) is -0.974. The zero-order valence-corrected chi connectivity index (χ0v) is 29.3. The molecule has 0 aliphatic rings. The molecule has 6 nitrogen and oxygen atoms in total. The van der Waals surface area contributed by atoms with E-state index in [0.29, 0.717) is 12.8 Å². The fourth-order valence-corrected chi connectivity index (χ4v) is 6.17. The lowest BCUT2D eigenvalue weighted by atomic mass is 10.0. The summed E-state index contributed by atoms with van der Waals surface area (Å²) >= 11 is 0. The number of amides is 1. The second kappa shape index (κ2) is 31.5. The van der Waals surface area contributed by atoms with Crippen LogP contribution in [0.2, 0.25) is 0 Å². The molecule has 0 radical (unpaired) electrons. The summed E-state index contributed by atoms with van der Waals surface area (Å²) in [4.78, 5) is 12.5. The van der Waals surface area contributed by atoms with Crippen molar-refractivity contribution < 1.29 is 22.9 Å². The van der Waals surface area contributed by atoms with E-state index in [1.54, 1.807) is 0 Å². The van der Waals surface area contributed by atoms with E-state index in [1.807, 2.05) is 0 Å². The van der Waals surface area contributed by atoms with Gasteiger partial charge in [0.2, 0.25) is 5.91 Å². The zero-order valence-electron chi connectivity index (χ0n) is 28.5. The molecular formula is C37H69NO5S. The van der Waals surface area contributed by atoms with Gasteiger partial charge in [0.05, 0.1) is 17.9 Å². The van der Waals surface area contributed by atoms with Gasteiger partial charge in [0.1, 0.15) is 0 Å². The topological polar surface area (TPSA) is 104 Å². The molecule has 0 rings (SSSR count). The lowest BCUT2D eigenvalue weighted by molar-refractivity contribution is -0.122. The number of allylic oxidation sites excluding steroid dienone is 6. The Morgan fingerprint density at radius 3 is 1.61 bits per heavy atom. The third kappa shape index (κ3) is 32.0. The predicted molar refractivity (Wildman–Crippen MR) is 189 cm³/mol. The van der Waals surface area contributed by atoms with Crippen molar-refractivity contribution in [2.45, 2.75) is 187 Å². The molecule has 7 heteroatoms. The first-order valence-corrected chi connectivity index (χ1v) is 19.8. The molecule has 0 saturated carbocycles. The molecule has 0 bridgehead atoms. The van der Waals surface area contributed by atoms with Crippen molar-refractivity contribution in [3.05, 3.63) is 36.5 Å². The molecule has 44 heavy (non-hydrogen) atoms. The van der Waals surface area contributed by atoms with E-state index in [-0.39, 0.29) is 5.91 Å². The van der Waals surface area contributed by atoms with Crippen LogP contribution in [0.25, 0.3) is 0 Å². The van der Waals surface area contributed by atoms with E-state index < -0.39 is 28.0 Å². The van der Waals surface area contributed by atoms with Gasteiger partial charge in [0, 0.05) is 6.42 Å². The van der Waals surface area contributed by atoms with E-state index in [9.17, 15) is 22.9 Å². The van der Waals surface area contributed by atoms with Crippen LogP contribution >= 0.6 is 0 Å². The molecule has 2 atom stereocenters. The molecule has 0 spiro atoms. The van der Waals surface area contributed by atoms with Crippen LogP contribution in [0.5, 0.6) is 0 Å². The van der Waals surface area contributed by atoms with E-state index in [1.165, 1.54) is 77.0 Å². The molecule has 3 N–H and O–H groups in total. The Morgan fingerprint density at radius 1 is 0.636 bits per heavy atom. The summed E-state index contributed by atoms with van der Waals surface area (Å²) in [6.45, 7) is 4.39. The van der Waals surface area contributed by atoms with E-state index >= 15 is 0 Å². The number of carbonyl (C=O) groups is 1. The van der Waals surface area contributed by atoms with Crippen molar-refractivity contribution in [3.8, 4) is 0 Å². The Kier molecular flexibility index (Phi) is 30.5. The number of hydrogen-bond donors (Lipinski definition) is 3. The molecule has 2 unspecified atom stereocenters. The smallest absolute Gasteiger partial charge is 0.266 e. The van der Waals surface area contributed by atoms with Crippen LogP contribution in [-0.2, 0) is 14.9 Å². The van der Waals surface area contributed by atoms with Gasteiger partial charge in [-0.25, -0.2) is 0 Å². The van der Waals surface area contributed by atoms with Gasteiger partial charge in [-0.05, 0) is 44.9 Å². The molecule has 0 fully saturated rings. The van der Waals surface area contributed by atoms with Crippen LogP contribution < -0.4 is 5.32 Å². The summed E-state index contributed by atoms with van der Waals surface area (Å²) in [6.07, 6.45) is 39.4. The van der Waals surface area contributed by atoms with Crippen LogP contribution in [0.3, 0.4) is 0 Å². The zero-order chi connectivity index (χ0) is 32.6. The number of aliphatic hydroxyl groups excluding tert-OH is 1. The van der Waals surface area contributed by atoms with Crippen LogP contribution in [0, 0.1) is 0 Å². The highest BCUT2D eigenvalue weighted by molar-refractivity contribution is 7.85. The number of carbonyl (C=O) groups excluding carboxylic acids is 1. The molecule has 0 aliphatic heterocycles. The monoisotopic (exact) mass is 639 g/mol. The highest BCUT2D eigenvalue weighted by Crippen LogP contribution is 2.15. The van der Waals surface area contributed by atoms with Crippen molar-refractivity contribution in [2.75, 3.05) is 5.75 Å². The molecule has 0 saturated heterocycles. The van der Waals surface area contributed by atoms with Gasteiger partial charge < -0.3 is 10.4 Å². The first-order chi connectivity index (χ1) is 21.3. The second-order valence-corrected chi connectivity index (χ2v) is 14.0. The standard InChI is InChI=1S/C37H69NO5S/c1-3-5-7-9-11-13-15-17-18-19-20-21-23-25-27-29-31-33-37(40)38-35(34-44(41,42)43)36(39)32-30-28-26-24-22-16-14-12-10-8-6-4-2/h5,7,11,13,17-18,35-36,39H,3-4,6,8-10,12,14-16,19-34H2,1-2H3,(H,38,40)(H,41,42,43)/b7-5-,13-11-,18-17-. The van der Waals surface area contributed by atoms with Crippen molar-refractivity contribution in [1.29, 1.82) is 0 Å². The lowest BCUT2D eigenvalue weighted by Gasteiger charge is -2.23. The van der Waals surface area contributed by atoms with Crippen LogP contribution in [0.1, 0.15) is 174 Å². The minimum absolute atomic E-state index is 0.258. The largest absolute Gasteiger partial charge is 0.391 e. The maximum Gasteiger partial charge on any atom is 0.266 e. The summed E-state index contributed by atoms with van der Waals surface area (Å²) in [5, 5.41) is 13.3. The Bertz CT molecular complexity index is 837. The van der Waals surface area contributed by atoms with Gasteiger partial charge in [-0.15, -0.1) is 0 Å². The molecule has 258 valence electrons. The highest BCUT2D eigenvalue weighted by Gasteiger charge is 2.26. The molecule has 0 aromatic carbocycles. The van der Waals surface area contributed by atoms with Crippen LogP contribution in [-0.4, -0.2) is 41.9 Å². The number of rotatable bonds is 32. The Hall–Kier alpha value is -1.44. The summed E-state index contributed by atoms with van der Waals surface area (Å²) in [5.74, 6) is -0.910. The van der Waals surface area contributed by atoms with Crippen molar-refractivity contribution >= 4 is 16.0 Å². The molecule has 0 aromatic rings. The highest BCUT2D eigenvalue weighted by atomic mass is 32.2. The third-order valence-corrected chi connectivity index (χ3v) is 8.89. The van der Waals surface area contributed by atoms with E-state index in [2.05, 4.69) is 55.6 Å². The Morgan fingerprint density at radius 2 is 1.09 bits per heavy atom. The van der Waals surface area contributed by atoms with Crippen LogP contribution in [0.4, 0.5) is 0 Å². The average Bonchev–Trinajstić information content (AvgIpc) is 2.98. The first kappa shape index (κ1) is 42.6. The van der Waals surface area contributed by atoms with Gasteiger partial charge in [0.15, 0.2) is 0 Å². The fraction of sp³-hybridized carbons (Fsp3) is 0.811. The molecule has 0 heterocycles. The van der Waals surface area contributed by atoms with Gasteiger partial charge in [-0.3, -0.25) is 9.35 Å². The number of unbranched alkanes of at least 4 members (excludes halogenated alkanes) is 18. The average molecular weight is 640 g/mol. The van der Waals surface area contributed by atoms with Crippen molar-refractivity contribution in [2.24, 2.45) is 0 Å². The quantitative estimate of drug-likeness (QED) is 0.0386. The Labute approximate surface area is 272 Å². The first-order valence-electron chi connectivity index (χ1n) is 18.2. The minimum Gasteiger partial charge on any atom is -0.391 e. The van der Waals surface area contributed by atoms with Gasteiger partial charge in [-0.1, -0.05) is 159 Å². The van der Waals surface area contributed by atoms with Gasteiger partial charge >= 0.3 is 0 Å². The Balaban J connectivity index is 3.94. The summed E-state index contributed by atoms with van der Waals surface area (Å²) in [7, 11) is -4.31. The van der Waals surface area contributed by atoms with Gasteiger partial charge in [0.25, 0.3) is 10.1 Å². The fourth-order valence-electron chi connectivity index (χ4n) is 5.41. The van der Waals surface area contributed by atoms with E-state index in [4.69, 9.17) is 0 Å². The number of hydrogen-bond acceptors (Lipinski definition) is 4. The lowest BCUT2D eigenvalue weighted by Crippen LogP contribution is -2.47. The molecule has 0 aliphatic carbocycles. The summed E-state index contributed by atoms with van der Waals surface area (Å²) in [5.41, 5.74) is 0. The normalized spacial score (nSPS) is 13.8. The van der Waals surface area contributed by atoms with Crippen molar-refractivity contribution in [3.63, 3.8) is 0 Å². The maximum absolute atomic E-state index is 12.5. The second-order valence-electron chi connectivity index (χ2n) is 12.5. The van der Waals surface area contributed by atoms with E-state index in [0.717, 1.165) is 70.6 Å². The van der Waals surface area contributed by atoms with Crippen molar-refractivity contribution in [1.82, 2.24) is 5.32 Å². The third-order valence-electron chi connectivity index (χ3n) is 8.11. The summed E-state index contributed by atoms with van der Waals surface area (Å²) < 4.78 is 32.4. The maximum atomic E-state index is 12.5. The SMILES string of the molecule is CC/C=C\C/C=C\C/C=C\CCCCCCCCCC(=O)NC(CS(=O)(=O)O)C(O)CCCCCCCCCCCCCC. The predicted octanol–water partition coefficient (Wildman–Crippen LogP) is 10.2. The minimum atomic E-state index is -4.31. The molecular weight excluding hydrogens is 570 g/mol. The number of nitrogens with one attached hydrogen (secondary N) is 1. The molecule has 0 aromatic heterocycles. The van der Waals surface area contributed by atoms with Gasteiger partial charge in [-0.2, -0.15) is 8.42 Å². The van der Waals surface area contributed by atoms with Crippen LogP contribution in [0.15, 0.2) is 36.5 Å². The molecule has 1 amide bonds. The number of aliphatic hydroxyl groups is 1.